The van der Waals surface area contributed by atoms with Gasteiger partial charge in [-0.1, -0.05) is 19.9 Å². The molecule has 9 heteroatoms. The highest BCUT2D eigenvalue weighted by Crippen LogP contribution is 2.26. The first-order valence-corrected chi connectivity index (χ1v) is 11.7. The minimum atomic E-state index is -0.487. The molecule has 0 fully saturated rings. The molecule has 0 atom stereocenters. The van der Waals surface area contributed by atoms with E-state index in [0.29, 0.717) is 35.2 Å². The molecule has 0 bridgehead atoms. The van der Waals surface area contributed by atoms with E-state index in [2.05, 4.69) is 20.7 Å². The number of benzene rings is 2. The van der Waals surface area contributed by atoms with Gasteiger partial charge in [-0.3, -0.25) is 9.59 Å². The average Bonchev–Trinajstić information content (AvgIpc) is 3.49. The van der Waals surface area contributed by atoms with Crippen LogP contribution in [0.2, 0.25) is 0 Å². The number of amides is 2. The number of anilines is 1. The van der Waals surface area contributed by atoms with Gasteiger partial charge in [0.2, 0.25) is 5.82 Å². The van der Waals surface area contributed by atoms with Crippen molar-refractivity contribution in [3.8, 4) is 16.4 Å². The van der Waals surface area contributed by atoms with E-state index in [4.69, 9.17) is 0 Å². The molecule has 0 aliphatic heterocycles. The molecular weight excluding hydrogens is 453 g/mol. The maximum Gasteiger partial charge on any atom is 0.295 e. The lowest BCUT2D eigenvalue weighted by atomic mass is 10.1. The van der Waals surface area contributed by atoms with Gasteiger partial charge in [-0.25, -0.2) is 14.1 Å². The Kier molecular flexibility index (Phi) is 6.83. The predicted octanol–water partition coefficient (Wildman–Crippen LogP) is 5.08. The maximum absolute atomic E-state index is 13.4. The summed E-state index contributed by atoms with van der Waals surface area (Å²) in [6, 6.07) is 14.7. The summed E-state index contributed by atoms with van der Waals surface area (Å²) in [6.45, 7) is 6.46. The number of nitrogens with zero attached hydrogens (tertiary/aromatic N) is 3. The molecule has 34 heavy (non-hydrogen) atoms. The Morgan fingerprint density at radius 1 is 1.09 bits per heavy atom. The van der Waals surface area contributed by atoms with Gasteiger partial charge in [0, 0.05) is 17.8 Å². The minimum Gasteiger partial charge on any atom is -0.352 e. The zero-order valence-electron chi connectivity index (χ0n) is 19.0. The maximum atomic E-state index is 13.4. The molecule has 0 saturated carbocycles. The second kappa shape index (κ2) is 9.96. The fourth-order valence-corrected chi connectivity index (χ4v) is 3.96. The molecule has 2 aromatic heterocycles. The largest absolute Gasteiger partial charge is 0.352 e. The van der Waals surface area contributed by atoms with Gasteiger partial charge in [-0.2, -0.15) is 0 Å². The average molecular weight is 478 g/mol. The van der Waals surface area contributed by atoms with Crippen LogP contribution in [0.1, 0.15) is 40.4 Å². The van der Waals surface area contributed by atoms with Gasteiger partial charge < -0.3 is 10.6 Å². The van der Waals surface area contributed by atoms with E-state index in [1.165, 1.54) is 28.2 Å². The van der Waals surface area contributed by atoms with Gasteiger partial charge in [0.05, 0.1) is 10.6 Å². The summed E-state index contributed by atoms with van der Waals surface area (Å²) >= 11 is 1.46. The molecule has 2 amide bonds. The second-order valence-electron chi connectivity index (χ2n) is 8.21. The van der Waals surface area contributed by atoms with Crippen molar-refractivity contribution >= 4 is 28.8 Å². The van der Waals surface area contributed by atoms with Crippen molar-refractivity contribution in [2.75, 3.05) is 11.9 Å². The number of thiophene rings is 1. The summed E-state index contributed by atoms with van der Waals surface area (Å²) in [5.74, 6) is -0.193. The van der Waals surface area contributed by atoms with Crippen LogP contribution in [-0.2, 0) is 0 Å². The monoisotopic (exact) mass is 477 g/mol. The number of aryl methyl sites for hydroxylation is 1. The summed E-state index contributed by atoms with van der Waals surface area (Å²) in [6.07, 6.45) is 0. The number of rotatable bonds is 7. The van der Waals surface area contributed by atoms with Crippen LogP contribution in [0.25, 0.3) is 16.4 Å². The Balaban J connectivity index is 1.58. The van der Waals surface area contributed by atoms with Crippen molar-refractivity contribution in [3.63, 3.8) is 0 Å². The highest BCUT2D eigenvalue weighted by atomic mass is 32.1. The zero-order chi connectivity index (χ0) is 24.2. The van der Waals surface area contributed by atoms with Crippen molar-refractivity contribution in [2.24, 2.45) is 5.92 Å². The van der Waals surface area contributed by atoms with Crippen LogP contribution in [0.4, 0.5) is 10.1 Å². The first-order chi connectivity index (χ1) is 16.3. The predicted molar refractivity (Wildman–Crippen MR) is 131 cm³/mol. The molecule has 0 aliphatic rings. The molecule has 2 aromatic carbocycles. The molecule has 4 aromatic rings. The molecule has 7 nitrogen and oxygen atoms in total. The van der Waals surface area contributed by atoms with Crippen molar-refractivity contribution in [1.29, 1.82) is 0 Å². The summed E-state index contributed by atoms with van der Waals surface area (Å²) in [5.41, 5.74) is 2.40. The standard InChI is InChI=1S/C25H24FN5O2S/c1-15(2)14-27-24(32)17-6-11-20(16(3)13-17)28-25(33)22-29-23(21-5-4-12-34-21)31(30-22)19-9-7-18(26)8-10-19/h4-13,15H,14H2,1-3H3,(H,27,32)(H,28,33). The van der Waals surface area contributed by atoms with E-state index >= 15 is 0 Å². The van der Waals surface area contributed by atoms with Crippen LogP contribution in [0.5, 0.6) is 0 Å². The minimum absolute atomic E-state index is 0.0223. The van der Waals surface area contributed by atoms with E-state index in [1.807, 2.05) is 38.3 Å². The fourth-order valence-electron chi connectivity index (χ4n) is 3.26. The number of hydrogen-bond acceptors (Lipinski definition) is 5. The highest BCUT2D eigenvalue weighted by Gasteiger charge is 2.20. The van der Waals surface area contributed by atoms with E-state index in [0.717, 1.165) is 10.4 Å². The lowest BCUT2D eigenvalue weighted by Crippen LogP contribution is -2.27. The van der Waals surface area contributed by atoms with Gasteiger partial charge in [0.1, 0.15) is 5.82 Å². The quantitative estimate of drug-likeness (QED) is 0.388. The fraction of sp³-hybridized carbons (Fsp3) is 0.200. The van der Waals surface area contributed by atoms with Crippen LogP contribution in [0, 0.1) is 18.7 Å². The van der Waals surface area contributed by atoms with Gasteiger partial charge in [-0.05, 0) is 72.3 Å². The van der Waals surface area contributed by atoms with Crippen molar-refractivity contribution < 1.29 is 14.0 Å². The molecule has 0 spiro atoms. The number of halogens is 1. The van der Waals surface area contributed by atoms with Gasteiger partial charge in [-0.15, -0.1) is 16.4 Å². The van der Waals surface area contributed by atoms with Gasteiger partial charge >= 0.3 is 0 Å². The molecule has 0 aliphatic carbocycles. The second-order valence-corrected chi connectivity index (χ2v) is 9.16. The van der Waals surface area contributed by atoms with Crippen LogP contribution >= 0.6 is 11.3 Å². The van der Waals surface area contributed by atoms with E-state index < -0.39 is 5.91 Å². The van der Waals surface area contributed by atoms with Gasteiger partial charge in [0.25, 0.3) is 11.8 Å². The van der Waals surface area contributed by atoms with Gasteiger partial charge in [0.15, 0.2) is 5.82 Å². The Morgan fingerprint density at radius 3 is 2.50 bits per heavy atom. The summed E-state index contributed by atoms with van der Waals surface area (Å²) in [7, 11) is 0. The Hall–Kier alpha value is -3.85. The summed E-state index contributed by atoms with van der Waals surface area (Å²) in [4.78, 5) is 30.6. The highest BCUT2D eigenvalue weighted by molar-refractivity contribution is 7.13. The lowest BCUT2D eigenvalue weighted by molar-refractivity contribution is 0.0948. The molecule has 174 valence electrons. The first kappa shape index (κ1) is 23.3. The zero-order valence-corrected chi connectivity index (χ0v) is 19.8. The molecule has 2 N–H and O–H groups in total. The van der Waals surface area contributed by atoms with Crippen molar-refractivity contribution in [3.05, 3.63) is 82.7 Å². The number of carbonyl (C=O) groups excluding carboxylic acids is 2. The molecule has 0 saturated heterocycles. The SMILES string of the molecule is Cc1cc(C(=O)NCC(C)C)ccc1NC(=O)c1nc(-c2cccs2)n(-c2ccc(F)cc2)n1. The number of aromatic nitrogens is 3. The van der Waals surface area contributed by atoms with E-state index in [1.54, 1.807) is 30.3 Å². The van der Waals surface area contributed by atoms with Crippen LogP contribution in [0.3, 0.4) is 0 Å². The smallest absolute Gasteiger partial charge is 0.295 e. The molecule has 4 rings (SSSR count). The summed E-state index contributed by atoms with van der Waals surface area (Å²) < 4.78 is 14.9. The molecule has 0 radical (unpaired) electrons. The number of hydrogen-bond donors (Lipinski definition) is 2. The topological polar surface area (TPSA) is 88.9 Å². The Bertz CT molecular complexity index is 1310. The molecular formula is C25H24FN5O2S. The third kappa shape index (κ3) is 5.20. The Labute approximate surface area is 200 Å². The van der Waals surface area contributed by atoms with Crippen LogP contribution in [0.15, 0.2) is 60.0 Å². The number of nitrogens with one attached hydrogen (secondary N) is 2. The number of carbonyl (C=O) groups is 2. The normalized spacial score (nSPS) is 11.0. The van der Waals surface area contributed by atoms with Crippen LogP contribution in [-0.4, -0.2) is 33.1 Å². The third-order valence-corrected chi connectivity index (χ3v) is 5.90. The summed E-state index contributed by atoms with van der Waals surface area (Å²) in [5, 5.41) is 12.0. The Morgan fingerprint density at radius 2 is 1.85 bits per heavy atom. The third-order valence-electron chi connectivity index (χ3n) is 5.03. The van der Waals surface area contributed by atoms with Crippen molar-refractivity contribution in [1.82, 2.24) is 20.1 Å². The first-order valence-electron chi connectivity index (χ1n) is 10.8. The molecule has 2 heterocycles. The molecule has 0 unspecified atom stereocenters. The lowest BCUT2D eigenvalue weighted by Gasteiger charge is -2.11. The van der Waals surface area contributed by atoms with E-state index in [9.17, 15) is 14.0 Å². The van der Waals surface area contributed by atoms with E-state index in [-0.39, 0.29) is 17.5 Å². The van der Waals surface area contributed by atoms with Crippen molar-refractivity contribution in [2.45, 2.75) is 20.8 Å². The van der Waals surface area contributed by atoms with Crippen LogP contribution < -0.4 is 10.6 Å².